The van der Waals surface area contributed by atoms with E-state index in [4.69, 9.17) is 0 Å². The number of hydrogen-bond donors (Lipinski definition) is 0. The van der Waals surface area contributed by atoms with Crippen LogP contribution in [0.1, 0.15) is 42.0 Å². The number of halogens is 2. The van der Waals surface area contributed by atoms with E-state index in [-0.39, 0.29) is 24.8 Å². The van der Waals surface area contributed by atoms with Gasteiger partial charge in [-0.05, 0) is 0 Å². The van der Waals surface area contributed by atoms with Gasteiger partial charge in [0.15, 0.2) is 0 Å². The summed E-state index contributed by atoms with van der Waals surface area (Å²) in [6.45, 7) is 7.02. The third-order valence-corrected chi connectivity index (χ3v) is 24.1. The average Bonchev–Trinajstić information content (AvgIpc) is 3.09. The van der Waals surface area contributed by atoms with Crippen molar-refractivity contribution >= 4 is 43.8 Å². The van der Waals surface area contributed by atoms with Crippen LogP contribution >= 0.6 is 24.8 Å². The Balaban J connectivity index is 0.00000121. The van der Waals surface area contributed by atoms with Crippen molar-refractivity contribution in [2.24, 2.45) is 0 Å². The molecule has 2 atom stereocenters. The summed E-state index contributed by atoms with van der Waals surface area (Å²) in [6, 6.07) is 15.9. The maximum atomic E-state index is 2.68. The third kappa shape index (κ3) is 3.18. The largest absolute Gasteiger partial charge is 0.147 e. The van der Waals surface area contributed by atoms with Gasteiger partial charge < -0.3 is 0 Å². The van der Waals surface area contributed by atoms with Crippen molar-refractivity contribution < 1.29 is 17.4 Å². The minimum absolute atomic E-state index is 0. The van der Waals surface area contributed by atoms with E-state index >= 15 is 0 Å². The number of rotatable bonds is 2. The number of allylic oxidation sites excluding steroid dienone is 2. The Kier molecular flexibility index (Phi) is 6.07. The molecule has 138 valence electrons. The van der Waals surface area contributed by atoms with Crippen LogP contribution in [0, 0.1) is 6.92 Å². The second-order valence-electron chi connectivity index (χ2n) is 8.80. The van der Waals surface area contributed by atoms with Gasteiger partial charge in [-0.15, -0.1) is 24.8 Å². The third-order valence-electron chi connectivity index (χ3n) is 6.27. The number of benzene rings is 2. The fourth-order valence-electron chi connectivity index (χ4n) is 5.22. The Morgan fingerprint density at radius 1 is 0.885 bits per heavy atom. The summed E-state index contributed by atoms with van der Waals surface area (Å²) in [4.78, 5) is 0. The monoisotopic (exact) mass is 480 g/mol. The maximum Gasteiger partial charge on any atom is -0.147 e. The van der Waals surface area contributed by atoms with Gasteiger partial charge in [-0.1, -0.05) is 0 Å². The molecule has 4 heteroatoms. The molecule has 0 aromatic heterocycles. The fourth-order valence-corrected chi connectivity index (χ4v) is 23.4. The molecule has 0 saturated carbocycles. The molecule has 0 bridgehead atoms. The van der Waals surface area contributed by atoms with Crippen LogP contribution in [-0.4, -0.2) is 6.88 Å². The molecule has 4 rings (SSSR count). The van der Waals surface area contributed by atoms with Gasteiger partial charge in [0, 0.05) is 0 Å². The maximum absolute atomic E-state index is 3.12. The molecular formula is C22H28Cl2SiZr. The first-order chi connectivity index (χ1) is 11.3. The Morgan fingerprint density at radius 2 is 1.54 bits per heavy atom. The van der Waals surface area contributed by atoms with Gasteiger partial charge in [0.25, 0.3) is 0 Å². The van der Waals surface area contributed by atoms with Crippen LogP contribution in [0.15, 0.2) is 54.1 Å². The van der Waals surface area contributed by atoms with Crippen LogP contribution < -0.4 is 0 Å². The molecule has 0 spiro atoms. The van der Waals surface area contributed by atoms with E-state index in [2.05, 4.69) is 90.7 Å². The van der Waals surface area contributed by atoms with E-state index in [1.807, 2.05) is 0 Å². The second kappa shape index (κ2) is 7.21. The Morgan fingerprint density at radius 3 is 2.27 bits per heavy atom. The zero-order valence-corrected chi connectivity index (χ0v) is 21.5. The molecule has 2 unspecified atom stereocenters. The predicted molar refractivity (Wildman–Crippen MR) is 121 cm³/mol. The van der Waals surface area contributed by atoms with Crippen LogP contribution in [0.4, 0.5) is 0 Å². The molecule has 26 heavy (non-hydrogen) atoms. The van der Waals surface area contributed by atoms with Crippen LogP contribution in [0.5, 0.6) is 0 Å². The molecule has 0 radical (unpaired) electrons. The van der Waals surface area contributed by atoms with Crippen molar-refractivity contribution in [3.8, 4) is 0 Å². The molecule has 0 nitrogen and oxygen atoms in total. The van der Waals surface area contributed by atoms with Crippen molar-refractivity contribution in [3.05, 3.63) is 81.9 Å². The van der Waals surface area contributed by atoms with Crippen molar-refractivity contribution in [3.63, 3.8) is 0 Å². The summed E-state index contributed by atoms with van der Waals surface area (Å²) >= 11 is -3.12. The molecule has 2 aliphatic rings. The van der Waals surface area contributed by atoms with Crippen LogP contribution in [0.3, 0.4) is 0 Å². The summed E-state index contributed by atoms with van der Waals surface area (Å²) in [7, 11) is 0. The molecule has 0 amide bonds. The van der Waals surface area contributed by atoms with Crippen molar-refractivity contribution in [1.29, 1.82) is 0 Å². The Labute approximate surface area is 172 Å². The SMILES string of the molecule is CC1=Cc2c(C)cccc2[CH]1[Zr]([CH3])([CH3])(=[SiH2])[CH]1C=Cc2ccccc21.Cl.Cl. The molecule has 0 fully saturated rings. The zero-order chi connectivity index (χ0) is 17.1. The minimum atomic E-state index is -3.12. The first-order valence-electron chi connectivity index (χ1n) is 8.90. The van der Waals surface area contributed by atoms with E-state index in [1.165, 1.54) is 16.7 Å². The van der Waals surface area contributed by atoms with Gasteiger partial charge in [0.1, 0.15) is 0 Å². The summed E-state index contributed by atoms with van der Waals surface area (Å²) < 4.78 is 6.65. The molecule has 2 aliphatic carbocycles. The first-order valence-corrected chi connectivity index (χ1v) is 22.6. The van der Waals surface area contributed by atoms with Crippen LogP contribution in [-0.2, 0) is 17.4 Å². The quantitative estimate of drug-likeness (QED) is 0.435. The average molecular weight is 483 g/mol. The molecule has 0 saturated heterocycles. The van der Waals surface area contributed by atoms with Crippen molar-refractivity contribution in [2.75, 3.05) is 0 Å². The summed E-state index contributed by atoms with van der Waals surface area (Å²) in [5.74, 6) is 0. The Bertz CT molecular complexity index is 981. The molecular weight excluding hydrogens is 454 g/mol. The van der Waals surface area contributed by atoms with Gasteiger partial charge in [0.2, 0.25) is 0 Å². The standard InChI is InChI=1S/C11H11.C9H7.2CH3.2ClH.H2Si.Zr/c1-8-6-10-5-3-4-9(2)11(10)7-8;1-2-5-9-7-3-6-8(9)4-1;;;;;;/h3-7H,1-2H3;1-7H;2*1H3;2*1H;1H2;. The molecule has 0 heterocycles. The number of fused-ring (bicyclic) bond motifs is 2. The van der Waals surface area contributed by atoms with E-state index in [9.17, 15) is 0 Å². The minimum Gasteiger partial charge on any atom is -0.147 e. The number of hydrogen-bond acceptors (Lipinski definition) is 0. The normalized spacial score (nSPS) is 20.6. The zero-order valence-electron chi connectivity index (χ0n) is 16.0. The van der Waals surface area contributed by atoms with Gasteiger partial charge in [-0.3, -0.25) is 0 Å². The fraction of sp³-hybridized carbons (Fsp3) is 0.273. The van der Waals surface area contributed by atoms with E-state index in [0.717, 1.165) is 0 Å². The first kappa shape index (κ1) is 21.9. The molecule has 0 N–H and O–H groups in total. The van der Waals surface area contributed by atoms with E-state index in [0.29, 0.717) is 7.25 Å². The van der Waals surface area contributed by atoms with Crippen LogP contribution in [0.2, 0.25) is 9.26 Å². The summed E-state index contributed by atoms with van der Waals surface area (Å²) in [5.41, 5.74) is 9.09. The van der Waals surface area contributed by atoms with E-state index < -0.39 is 17.4 Å². The predicted octanol–water partition coefficient (Wildman–Crippen LogP) is 6.40. The van der Waals surface area contributed by atoms with E-state index in [1.54, 1.807) is 16.7 Å². The second-order valence-corrected chi connectivity index (χ2v) is 39.4. The van der Waals surface area contributed by atoms with Gasteiger partial charge in [-0.2, -0.15) is 0 Å². The smallest absolute Gasteiger partial charge is 0.147 e. The van der Waals surface area contributed by atoms with Crippen molar-refractivity contribution in [1.82, 2.24) is 0 Å². The number of aryl methyl sites for hydroxylation is 1. The summed E-state index contributed by atoms with van der Waals surface area (Å²) in [6.07, 6.45) is 7.34. The van der Waals surface area contributed by atoms with Crippen molar-refractivity contribution in [2.45, 2.75) is 30.4 Å². The van der Waals surface area contributed by atoms with Gasteiger partial charge in [0.05, 0.1) is 0 Å². The molecule has 2 aromatic carbocycles. The molecule has 0 aliphatic heterocycles. The topological polar surface area (TPSA) is 0 Å². The van der Waals surface area contributed by atoms with Gasteiger partial charge in [-0.25, -0.2) is 0 Å². The molecule has 2 aromatic rings. The summed E-state index contributed by atoms with van der Waals surface area (Å²) in [5, 5.41) is 0. The Hall–Kier alpha value is -0.400. The van der Waals surface area contributed by atoms with Crippen LogP contribution in [0.25, 0.3) is 12.2 Å². The van der Waals surface area contributed by atoms with Gasteiger partial charge >= 0.3 is 149 Å².